The lowest BCUT2D eigenvalue weighted by molar-refractivity contribution is 0.0659. The summed E-state index contributed by atoms with van der Waals surface area (Å²) in [5, 5.41) is 8.76. The van der Waals surface area contributed by atoms with E-state index in [1.807, 2.05) is 30.3 Å². The monoisotopic (exact) mass is 242 g/mol. The summed E-state index contributed by atoms with van der Waals surface area (Å²) in [5.41, 5.74) is 0.534. The fraction of sp³-hybridized carbons (Fsp3) is 0. The van der Waals surface area contributed by atoms with E-state index in [9.17, 15) is 9.59 Å². The Labute approximate surface area is 103 Å². The van der Waals surface area contributed by atoms with Gasteiger partial charge in [0.2, 0.25) is 5.76 Å². The van der Waals surface area contributed by atoms with E-state index < -0.39 is 11.4 Å². The molecule has 90 valence electrons. The van der Waals surface area contributed by atoms with Crippen molar-refractivity contribution in [2.24, 2.45) is 0 Å². The van der Waals surface area contributed by atoms with Crippen molar-refractivity contribution in [1.82, 2.24) is 0 Å². The molecule has 0 bridgehead atoms. The minimum atomic E-state index is -1.26. The summed E-state index contributed by atoms with van der Waals surface area (Å²) in [6.45, 7) is 0. The highest BCUT2D eigenvalue weighted by atomic mass is 16.4. The summed E-state index contributed by atoms with van der Waals surface area (Å²) in [5.74, 6) is -1.42. The molecule has 1 N–H and O–H groups in total. The number of carbonyl (C=O) groups is 1. The molecule has 1 heterocycles. The van der Waals surface area contributed by atoms with Crippen LogP contribution in [0.1, 0.15) is 21.9 Å². The van der Waals surface area contributed by atoms with E-state index in [4.69, 9.17) is 9.52 Å². The average molecular weight is 242 g/mol. The van der Waals surface area contributed by atoms with Crippen molar-refractivity contribution in [2.45, 2.75) is 0 Å². The Morgan fingerprint density at radius 2 is 1.83 bits per heavy atom. The highest BCUT2D eigenvalue weighted by molar-refractivity contribution is 5.84. The molecule has 0 aliphatic heterocycles. The smallest absolute Gasteiger partial charge is 0.371 e. The summed E-state index contributed by atoms with van der Waals surface area (Å²) in [6, 6.07) is 11.6. The molecule has 0 saturated heterocycles. The third-order valence-corrected chi connectivity index (χ3v) is 2.24. The molecule has 0 fully saturated rings. The van der Waals surface area contributed by atoms with Gasteiger partial charge in [0, 0.05) is 12.1 Å². The summed E-state index contributed by atoms with van der Waals surface area (Å²) in [6.07, 6.45) is 3.30. The first-order valence-electron chi connectivity index (χ1n) is 5.27. The van der Waals surface area contributed by atoms with Gasteiger partial charge in [-0.1, -0.05) is 36.4 Å². The number of carboxylic acid groups (broad SMARTS) is 1. The Kier molecular flexibility index (Phi) is 3.38. The van der Waals surface area contributed by atoms with Crippen molar-refractivity contribution < 1.29 is 14.3 Å². The van der Waals surface area contributed by atoms with Gasteiger partial charge in [0.05, 0.1) is 0 Å². The fourth-order valence-corrected chi connectivity index (χ4v) is 1.43. The van der Waals surface area contributed by atoms with Crippen LogP contribution in [0.4, 0.5) is 0 Å². The second-order valence-electron chi connectivity index (χ2n) is 3.61. The third kappa shape index (κ3) is 2.95. The predicted molar refractivity (Wildman–Crippen MR) is 67.3 cm³/mol. The number of rotatable bonds is 3. The Morgan fingerprint density at radius 3 is 2.50 bits per heavy atom. The number of hydrogen-bond acceptors (Lipinski definition) is 3. The second kappa shape index (κ2) is 5.14. The maximum absolute atomic E-state index is 11.3. The molecule has 2 rings (SSSR count). The van der Waals surface area contributed by atoms with Crippen LogP contribution in [0, 0.1) is 0 Å². The largest absolute Gasteiger partial charge is 0.475 e. The molecule has 0 unspecified atom stereocenters. The fourth-order valence-electron chi connectivity index (χ4n) is 1.43. The molecule has 0 amide bonds. The molecule has 1 aromatic carbocycles. The Balaban J connectivity index is 2.32. The Hall–Kier alpha value is -2.62. The molecule has 4 heteroatoms. The second-order valence-corrected chi connectivity index (χ2v) is 3.61. The normalized spacial score (nSPS) is 10.7. The van der Waals surface area contributed by atoms with Crippen LogP contribution >= 0.6 is 0 Å². The minimum Gasteiger partial charge on any atom is -0.475 e. The van der Waals surface area contributed by atoms with Gasteiger partial charge >= 0.3 is 5.97 Å². The highest BCUT2D eigenvalue weighted by Crippen LogP contribution is 2.08. The summed E-state index contributed by atoms with van der Waals surface area (Å²) in [7, 11) is 0. The van der Waals surface area contributed by atoms with Gasteiger partial charge in [-0.3, -0.25) is 4.79 Å². The van der Waals surface area contributed by atoms with Gasteiger partial charge < -0.3 is 9.52 Å². The number of aromatic carboxylic acids is 1. The topological polar surface area (TPSA) is 67.5 Å². The zero-order valence-electron chi connectivity index (χ0n) is 9.37. The maximum Gasteiger partial charge on any atom is 0.371 e. The molecule has 18 heavy (non-hydrogen) atoms. The van der Waals surface area contributed by atoms with Crippen LogP contribution in [0.2, 0.25) is 0 Å². The zero-order chi connectivity index (χ0) is 13.0. The minimum absolute atomic E-state index is 0.212. The van der Waals surface area contributed by atoms with Gasteiger partial charge in [-0.25, -0.2) is 4.79 Å². The van der Waals surface area contributed by atoms with Crippen molar-refractivity contribution >= 4 is 18.1 Å². The molecule has 0 spiro atoms. The molecule has 0 aliphatic carbocycles. The number of benzene rings is 1. The number of carboxylic acids is 1. The van der Waals surface area contributed by atoms with Crippen LogP contribution in [0.3, 0.4) is 0 Å². The molecule has 0 atom stereocenters. The van der Waals surface area contributed by atoms with Crippen molar-refractivity contribution in [3.05, 3.63) is 69.8 Å². The molecule has 4 nitrogen and oxygen atoms in total. The molecule has 0 radical (unpaired) electrons. The van der Waals surface area contributed by atoms with Gasteiger partial charge in [0.15, 0.2) is 5.43 Å². The first kappa shape index (κ1) is 11.9. The van der Waals surface area contributed by atoms with E-state index in [1.54, 1.807) is 12.2 Å². The SMILES string of the molecule is O=C(O)c1cc(=O)cc(C=Cc2ccccc2)o1. The van der Waals surface area contributed by atoms with E-state index >= 15 is 0 Å². The Bertz CT molecular complexity index is 638. The molecule has 2 aromatic rings. The Morgan fingerprint density at radius 1 is 1.11 bits per heavy atom. The van der Waals surface area contributed by atoms with Gasteiger partial charge in [-0.15, -0.1) is 0 Å². The van der Waals surface area contributed by atoms with Gasteiger partial charge in [0.1, 0.15) is 5.76 Å². The summed E-state index contributed by atoms with van der Waals surface area (Å²) in [4.78, 5) is 22.0. The number of hydrogen-bond donors (Lipinski definition) is 1. The van der Waals surface area contributed by atoms with Crippen LogP contribution in [-0.4, -0.2) is 11.1 Å². The standard InChI is InChI=1S/C14H10O4/c15-11-8-12(18-13(9-11)14(16)17)7-6-10-4-2-1-3-5-10/h1-9H,(H,16,17). The zero-order valence-corrected chi connectivity index (χ0v) is 9.37. The quantitative estimate of drug-likeness (QED) is 0.897. The summed E-state index contributed by atoms with van der Waals surface area (Å²) < 4.78 is 5.06. The van der Waals surface area contributed by atoms with E-state index in [2.05, 4.69) is 0 Å². The van der Waals surface area contributed by atoms with E-state index in [-0.39, 0.29) is 11.5 Å². The molecular formula is C14H10O4. The van der Waals surface area contributed by atoms with Crippen molar-refractivity contribution in [1.29, 1.82) is 0 Å². The van der Waals surface area contributed by atoms with E-state index in [0.717, 1.165) is 11.6 Å². The van der Waals surface area contributed by atoms with Crippen LogP contribution in [-0.2, 0) is 0 Å². The van der Waals surface area contributed by atoms with E-state index in [1.165, 1.54) is 6.07 Å². The van der Waals surface area contributed by atoms with Gasteiger partial charge in [-0.05, 0) is 11.6 Å². The lowest BCUT2D eigenvalue weighted by atomic mass is 10.2. The van der Waals surface area contributed by atoms with Crippen molar-refractivity contribution in [3.63, 3.8) is 0 Å². The lowest BCUT2D eigenvalue weighted by Crippen LogP contribution is -2.05. The highest BCUT2D eigenvalue weighted by Gasteiger charge is 2.07. The van der Waals surface area contributed by atoms with Crippen LogP contribution in [0.15, 0.2) is 51.7 Å². The first-order chi connectivity index (χ1) is 8.65. The molecular weight excluding hydrogens is 232 g/mol. The van der Waals surface area contributed by atoms with Crippen molar-refractivity contribution in [2.75, 3.05) is 0 Å². The van der Waals surface area contributed by atoms with Crippen LogP contribution < -0.4 is 5.43 Å². The third-order valence-electron chi connectivity index (χ3n) is 2.24. The van der Waals surface area contributed by atoms with Crippen LogP contribution in [0.5, 0.6) is 0 Å². The van der Waals surface area contributed by atoms with Crippen LogP contribution in [0.25, 0.3) is 12.2 Å². The summed E-state index contributed by atoms with van der Waals surface area (Å²) >= 11 is 0. The maximum atomic E-state index is 11.3. The van der Waals surface area contributed by atoms with Crippen molar-refractivity contribution in [3.8, 4) is 0 Å². The molecule has 0 saturated carbocycles. The van der Waals surface area contributed by atoms with Gasteiger partial charge in [0.25, 0.3) is 0 Å². The molecule has 0 aliphatic rings. The average Bonchev–Trinajstić information content (AvgIpc) is 2.37. The lowest BCUT2D eigenvalue weighted by Gasteiger charge is -1.96. The molecule has 1 aromatic heterocycles. The predicted octanol–water partition coefficient (Wildman–Crippen LogP) is 2.51. The first-order valence-corrected chi connectivity index (χ1v) is 5.27. The van der Waals surface area contributed by atoms with E-state index in [0.29, 0.717) is 0 Å². The van der Waals surface area contributed by atoms with Gasteiger partial charge in [-0.2, -0.15) is 0 Å².